The Morgan fingerprint density at radius 2 is 1.84 bits per heavy atom. The Balaban J connectivity index is 1.21. The fourth-order valence-corrected chi connectivity index (χ4v) is 8.74. The molecule has 4 aliphatic rings. The number of rotatable bonds is 4. The molecule has 2 bridgehead atoms. The largest absolute Gasteiger partial charge is 0.504 e. The minimum atomic E-state index is -4.45. The van der Waals surface area contributed by atoms with Gasteiger partial charge in [0.05, 0.1) is 22.6 Å². The first kappa shape index (κ1) is 29.7. The van der Waals surface area contributed by atoms with Gasteiger partial charge < -0.3 is 19.8 Å². The van der Waals surface area contributed by atoms with Gasteiger partial charge in [-0.1, -0.05) is 49.2 Å². The SMILES string of the molecule is C[C@H]1C[C@@]2(O)[C@H]3Cc4ccc(O)c5c4[C@@]2(CCN3CCc2ccccc2)[C@@H](O5)[C@@H]1N(C)C(=O)C#Cc1ccc(C(F)(F)F)cc1. The van der Waals surface area contributed by atoms with Crippen LogP contribution in [0.3, 0.4) is 0 Å². The van der Waals surface area contributed by atoms with Gasteiger partial charge in [-0.15, -0.1) is 0 Å². The highest BCUT2D eigenvalue weighted by Crippen LogP contribution is 2.66. The lowest BCUT2D eigenvalue weighted by Gasteiger charge is -2.66. The summed E-state index contributed by atoms with van der Waals surface area (Å²) in [6.45, 7) is 3.55. The molecule has 2 N–H and O–H groups in total. The van der Waals surface area contributed by atoms with Crippen molar-refractivity contribution in [2.45, 2.75) is 68.0 Å². The maximum absolute atomic E-state index is 13.5. The number of phenols is 1. The molecule has 3 aromatic carbocycles. The van der Waals surface area contributed by atoms with Gasteiger partial charge in [-0.25, -0.2) is 0 Å². The Kier molecular flexibility index (Phi) is 6.95. The topological polar surface area (TPSA) is 73.2 Å². The highest BCUT2D eigenvalue weighted by atomic mass is 19.4. The maximum Gasteiger partial charge on any atom is 0.416 e. The number of piperidine rings is 1. The van der Waals surface area contributed by atoms with Gasteiger partial charge in [0.25, 0.3) is 5.91 Å². The Morgan fingerprint density at radius 1 is 1.11 bits per heavy atom. The van der Waals surface area contributed by atoms with Gasteiger partial charge in [0.1, 0.15) is 6.10 Å². The van der Waals surface area contributed by atoms with E-state index in [2.05, 4.69) is 28.9 Å². The minimum Gasteiger partial charge on any atom is -0.504 e. The Bertz CT molecular complexity index is 1700. The molecule has 0 radical (unpaired) electrons. The summed E-state index contributed by atoms with van der Waals surface area (Å²) < 4.78 is 45.5. The Labute approximate surface area is 260 Å². The number of benzene rings is 3. The van der Waals surface area contributed by atoms with E-state index in [9.17, 15) is 28.2 Å². The molecule has 2 aliphatic heterocycles. The van der Waals surface area contributed by atoms with Crippen LogP contribution in [-0.2, 0) is 29.2 Å². The van der Waals surface area contributed by atoms with E-state index >= 15 is 0 Å². The third-order valence-corrected chi connectivity index (χ3v) is 10.7. The van der Waals surface area contributed by atoms with Crippen molar-refractivity contribution < 1.29 is 32.9 Å². The van der Waals surface area contributed by atoms with E-state index in [0.29, 0.717) is 30.6 Å². The second-order valence-electron chi connectivity index (χ2n) is 13.0. The van der Waals surface area contributed by atoms with Gasteiger partial charge in [0, 0.05) is 36.7 Å². The fourth-order valence-electron chi connectivity index (χ4n) is 8.74. The first-order valence-electron chi connectivity index (χ1n) is 15.4. The molecule has 6 atom stereocenters. The number of aromatic hydroxyl groups is 1. The molecular weight excluding hydrogens is 581 g/mol. The molecule has 2 fully saturated rings. The zero-order valence-electron chi connectivity index (χ0n) is 25.1. The van der Waals surface area contributed by atoms with Crippen molar-refractivity contribution in [3.8, 4) is 23.3 Å². The van der Waals surface area contributed by atoms with Crippen molar-refractivity contribution in [1.82, 2.24) is 9.80 Å². The third-order valence-electron chi connectivity index (χ3n) is 10.7. The molecule has 0 unspecified atom stereocenters. The molecule has 6 nitrogen and oxygen atoms in total. The van der Waals surface area contributed by atoms with Crippen LogP contribution in [0.4, 0.5) is 13.2 Å². The molecule has 234 valence electrons. The highest BCUT2D eigenvalue weighted by molar-refractivity contribution is 5.94. The van der Waals surface area contributed by atoms with Crippen LogP contribution in [0.5, 0.6) is 11.5 Å². The molecule has 2 aliphatic carbocycles. The van der Waals surface area contributed by atoms with Crippen molar-refractivity contribution in [3.63, 3.8) is 0 Å². The molecule has 45 heavy (non-hydrogen) atoms. The summed E-state index contributed by atoms with van der Waals surface area (Å²) >= 11 is 0. The molecule has 1 saturated carbocycles. The number of aliphatic hydroxyl groups is 1. The van der Waals surface area contributed by atoms with Gasteiger partial charge in [0.15, 0.2) is 11.5 Å². The number of halogens is 3. The molecule has 3 aromatic rings. The summed E-state index contributed by atoms with van der Waals surface area (Å²) in [5, 5.41) is 23.8. The summed E-state index contributed by atoms with van der Waals surface area (Å²) in [6.07, 6.45) is -2.54. The molecule has 1 spiro atoms. The number of amides is 1. The van der Waals surface area contributed by atoms with Crippen molar-refractivity contribution in [3.05, 3.63) is 94.5 Å². The van der Waals surface area contributed by atoms with Crippen molar-refractivity contribution >= 4 is 5.91 Å². The summed E-state index contributed by atoms with van der Waals surface area (Å²) in [7, 11) is 1.66. The molecule has 9 heteroatoms. The molecule has 2 heterocycles. The lowest BCUT2D eigenvalue weighted by Crippen LogP contribution is -2.79. The quantitative estimate of drug-likeness (QED) is 0.407. The van der Waals surface area contributed by atoms with Crippen LogP contribution in [0.15, 0.2) is 66.7 Å². The van der Waals surface area contributed by atoms with Crippen LogP contribution in [0.1, 0.15) is 47.6 Å². The zero-order chi connectivity index (χ0) is 31.7. The summed E-state index contributed by atoms with van der Waals surface area (Å²) in [5.41, 5.74) is 0.698. The van der Waals surface area contributed by atoms with E-state index in [1.807, 2.05) is 31.2 Å². The van der Waals surface area contributed by atoms with E-state index < -0.39 is 40.8 Å². The summed E-state index contributed by atoms with van der Waals surface area (Å²) in [4.78, 5) is 17.5. The molecular formula is C36H35F3N2O4. The average Bonchev–Trinajstić information content (AvgIpc) is 3.36. The fraction of sp³-hybridized carbons (Fsp3) is 0.417. The van der Waals surface area contributed by atoms with E-state index in [-0.39, 0.29) is 17.7 Å². The summed E-state index contributed by atoms with van der Waals surface area (Å²) in [6, 6.07) is 17.7. The Morgan fingerprint density at radius 3 is 2.56 bits per heavy atom. The van der Waals surface area contributed by atoms with Crippen LogP contribution >= 0.6 is 0 Å². The molecule has 1 amide bonds. The lowest BCUT2D eigenvalue weighted by molar-refractivity contribution is -0.211. The van der Waals surface area contributed by atoms with E-state index in [1.54, 1.807) is 18.0 Å². The van der Waals surface area contributed by atoms with Crippen LogP contribution in [-0.4, -0.2) is 69.8 Å². The van der Waals surface area contributed by atoms with Gasteiger partial charge in [-0.05, 0) is 79.6 Å². The summed E-state index contributed by atoms with van der Waals surface area (Å²) in [5.74, 6) is 5.06. The van der Waals surface area contributed by atoms with Crippen LogP contribution < -0.4 is 4.74 Å². The smallest absolute Gasteiger partial charge is 0.416 e. The predicted molar refractivity (Wildman–Crippen MR) is 162 cm³/mol. The number of alkyl halides is 3. The molecule has 1 saturated heterocycles. The van der Waals surface area contributed by atoms with Crippen LogP contribution in [0, 0.1) is 17.8 Å². The number of phenolic OH excluding ortho intramolecular Hbond substituents is 1. The minimum absolute atomic E-state index is 0.0207. The number of ether oxygens (including phenoxy) is 1. The van der Waals surface area contributed by atoms with Gasteiger partial charge >= 0.3 is 6.18 Å². The van der Waals surface area contributed by atoms with E-state index in [0.717, 1.165) is 42.8 Å². The number of carbonyl (C=O) groups is 1. The number of likely N-dealkylation sites (tertiary alicyclic amines) is 1. The Hall–Kier alpha value is -4.00. The zero-order valence-corrected chi connectivity index (χ0v) is 25.1. The predicted octanol–water partition coefficient (Wildman–Crippen LogP) is 4.93. The average molecular weight is 617 g/mol. The second-order valence-corrected chi connectivity index (χ2v) is 13.0. The van der Waals surface area contributed by atoms with Crippen molar-refractivity contribution in [2.24, 2.45) is 5.92 Å². The number of carbonyl (C=O) groups excluding carboxylic acids is 1. The number of hydrogen-bond donors (Lipinski definition) is 2. The second kappa shape index (κ2) is 10.5. The highest BCUT2D eigenvalue weighted by Gasteiger charge is 2.74. The van der Waals surface area contributed by atoms with Crippen LogP contribution in [0.2, 0.25) is 0 Å². The first-order valence-corrected chi connectivity index (χ1v) is 15.4. The maximum atomic E-state index is 13.5. The van der Waals surface area contributed by atoms with Gasteiger partial charge in [0.2, 0.25) is 0 Å². The molecule has 0 aromatic heterocycles. The monoisotopic (exact) mass is 616 g/mol. The van der Waals surface area contributed by atoms with E-state index in [1.165, 1.54) is 17.7 Å². The standard InChI is InChI=1S/C36H35F3N2O4/c1-22-21-35(44)28-20-25-11-14-27(42)32-30(25)34(35,17-19-41(28)18-16-23-6-4-3-5-7-23)33(45-32)31(22)40(2)29(43)15-10-24-8-12-26(13-9-24)36(37,38)39/h3-9,11-14,22,28,31,33,42,44H,16-21H2,1-2H3/t22-,28+,31+,33-,34-,35+/m0/s1. The van der Waals surface area contributed by atoms with E-state index in [4.69, 9.17) is 4.74 Å². The molecule has 7 rings (SSSR count). The van der Waals surface area contributed by atoms with Crippen molar-refractivity contribution in [1.29, 1.82) is 0 Å². The van der Waals surface area contributed by atoms with Crippen molar-refractivity contribution in [2.75, 3.05) is 20.1 Å². The van der Waals surface area contributed by atoms with Crippen LogP contribution in [0.25, 0.3) is 0 Å². The number of hydrogen-bond acceptors (Lipinski definition) is 5. The number of likely N-dealkylation sites (N-methyl/N-ethyl adjacent to an activating group) is 1. The van der Waals surface area contributed by atoms with Gasteiger partial charge in [-0.3, -0.25) is 9.69 Å². The third kappa shape index (κ3) is 4.52. The normalized spacial score (nSPS) is 29.6. The first-order chi connectivity index (χ1) is 21.4. The lowest BCUT2D eigenvalue weighted by atomic mass is 9.46. The number of nitrogens with zero attached hydrogens (tertiary/aromatic N) is 2. The van der Waals surface area contributed by atoms with Gasteiger partial charge in [-0.2, -0.15) is 13.2 Å².